The first kappa shape index (κ1) is 27.0. The molecular weight excluding hydrogens is 515 g/mol. The van der Waals surface area contributed by atoms with Crippen LogP contribution in [0.5, 0.6) is 5.75 Å². The van der Waals surface area contributed by atoms with Crippen molar-refractivity contribution in [3.63, 3.8) is 0 Å². The van der Waals surface area contributed by atoms with E-state index < -0.39 is 18.1 Å². The Morgan fingerprint density at radius 3 is 2.33 bits per heavy atom. The zero-order valence-corrected chi connectivity index (χ0v) is 21.2. The van der Waals surface area contributed by atoms with Crippen LogP contribution in [0.25, 0.3) is 5.70 Å². The highest BCUT2D eigenvalue weighted by Gasteiger charge is 2.42. The number of hydrogen-bond acceptors (Lipinski definition) is 7. The summed E-state index contributed by atoms with van der Waals surface area (Å²) in [5.41, 5.74) is 7.10. The lowest BCUT2D eigenvalue weighted by Gasteiger charge is -2.39. The first-order valence-corrected chi connectivity index (χ1v) is 13.0. The van der Waals surface area contributed by atoms with Gasteiger partial charge in [0.25, 0.3) is 0 Å². The van der Waals surface area contributed by atoms with Crippen molar-refractivity contribution in [1.29, 1.82) is 0 Å². The maximum Gasteiger partial charge on any atom is 0.573 e. The summed E-state index contributed by atoms with van der Waals surface area (Å²) >= 11 is 0. The summed E-state index contributed by atoms with van der Waals surface area (Å²) in [6, 6.07) is 9.52. The van der Waals surface area contributed by atoms with Crippen LogP contribution in [0, 0.1) is 5.92 Å². The fourth-order valence-corrected chi connectivity index (χ4v) is 5.63. The average molecular weight is 546 g/mol. The molecule has 1 aromatic carbocycles. The van der Waals surface area contributed by atoms with Crippen LogP contribution in [0.1, 0.15) is 49.7 Å². The Balaban J connectivity index is 1.30. The summed E-state index contributed by atoms with van der Waals surface area (Å²) < 4.78 is 49.3. The number of carbonyl (C=O) groups excluding carboxylic acids is 1. The number of fused-ring (bicyclic) bond motifs is 2. The van der Waals surface area contributed by atoms with Crippen molar-refractivity contribution >= 4 is 23.3 Å². The normalized spacial score (nSPS) is 23.4. The number of aromatic nitrogens is 1. The van der Waals surface area contributed by atoms with Gasteiger partial charge in [0.15, 0.2) is 5.78 Å². The Kier molecular flexibility index (Phi) is 7.53. The van der Waals surface area contributed by atoms with E-state index in [0.29, 0.717) is 18.4 Å². The van der Waals surface area contributed by atoms with Gasteiger partial charge < -0.3 is 25.2 Å². The number of Topliss-reactive ketones (excluding diaryl/α,β-unsaturated/α-hetero) is 1. The zero-order chi connectivity index (χ0) is 27.7. The maximum atomic E-state index is 13.1. The molecular formula is C28H30F3N3O5. The molecule has 5 rings (SSSR count). The standard InChI is InChI=1S/C28H30F3N3O5/c29-28(30,31)39-23-4-2-1-3-21(23)26(32)22(27(37)17-6-7-17)15-38-20-12-18-8-9-19(13-20)34(18)24-10-5-16(14-33-24)11-25(35)36/h1-5,10,14,17-20H,6-9,11-13,15,32H2,(H,35,36)/t18-,19?,20?/m0/s1. The van der Waals surface area contributed by atoms with Crippen molar-refractivity contribution in [3.8, 4) is 5.75 Å². The van der Waals surface area contributed by atoms with Gasteiger partial charge in [0, 0.05) is 35.3 Å². The number of carbonyl (C=O) groups is 2. The number of para-hydroxylation sites is 1. The van der Waals surface area contributed by atoms with Crippen molar-refractivity contribution in [1.82, 2.24) is 4.98 Å². The molecule has 3 N–H and O–H groups in total. The van der Waals surface area contributed by atoms with Crippen molar-refractivity contribution < 1.29 is 37.3 Å². The zero-order valence-electron chi connectivity index (χ0n) is 21.2. The van der Waals surface area contributed by atoms with E-state index >= 15 is 0 Å². The van der Waals surface area contributed by atoms with E-state index in [2.05, 4.69) is 14.6 Å². The van der Waals surface area contributed by atoms with Crippen molar-refractivity contribution in [3.05, 3.63) is 59.3 Å². The molecule has 39 heavy (non-hydrogen) atoms. The van der Waals surface area contributed by atoms with Crippen LogP contribution >= 0.6 is 0 Å². The number of rotatable bonds is 10. The molecule has 8 nitrogen and oxygen atoms in total. The fraction of sp³-hybridized carbons (Fsp3) is 0.464. The highest BCUT2D eigenvalue weighted by molar-refractivity contribution is 6.05. The lowest BCUT2D eigenvalue weighted by Crippen LogP contribution is -2.46. The molecule has 3 heterocycles. The highest BCUT2D eigenvalue weighted by Crippen LogP contribution is 2.41. The minimum Gasteiger partial charge on any atom is -0.481 e. The molecule has 2 saturated heterocycles. The SMILES string of the molecule is NC(=C(COC1CC2CC[C@@H](C1)N2c1ccc(CC(=O)O)cn1)C(=O)C1CC1)c1ccccc1OC(F)(F)F. The number of piperidine rings is 1. The first-order valence-electron chi connectivity index (χ1n) is 13.0. The maximum absolute atomic E-state index is 13.1. The Morgan fingerprint density at radius 1 is 1.05 bits per heavy atom. The third-order valence-electron chi connectivity index (χ3n) is 7.56. The van der Waals surface area contributed by atoms with Crippen LogP contribution in [-0.4, -0.2) is 53.0 Å². The predicted molar refractivity (Wildman–Crippen MR) is 136 cm³/mol. The Hall–Kier alpha value is -3.60. The first-order chi connectivity index (χ1) is 18.6. The summed E-state index contributed by atoms with van der Waals surface area (Å²) in [6.07, 6.45) is 1.22. The topological polar surface area (TPSA) is 115 Å². The number of ketones is 1. The number of hydrogen-bond donors (Lipinski definition) is 2. The van der Waals surface area contributed by atoms with Gasteiger partial charge in [-0.25, -0.2) is 4.98 Å². The van der Waals surface area contributed by atoms with Gasteiger partial charge in [-0.1, -0.05) is 18.2 Å². The number of ether oxygens (including phenoxy) is 2. The summed E-state index contributed by atoms with van der Waals surface area (Å²) in [4.78, 5) is 30.8. The van der Waals surface area contributed by atoms with Crippen LogP contribution in [0.4, 0.5) is 19.0 Å². The number of carboxylic acids is 1. The van der Waals surface area contributed by atoms with Gasteiger partial charge in [-0.3, -0.25) is 9.59 Å². The van der Waals surface area contributed by atoms with E-state index in [9.17, 15) is 22.8 Å². The molecule has 2 aliphatic heterocycles. The monoisotopic (exact) mass is 545 g/mol. The molecule has 11 heteroatoms. The fourth-order valence-electron chi connectivity index (χ4n) is 5.63. The number of aliphatic carboxylic acids is 1. The second kappa shape index (κ2) is 10.9. The molecule has 2 unspecified atom stereocenters. The number of alkyl halides is 3. The van der Waals surface area contributed by atoms with Gasteiger partial charge in [0.2, 0.25) is 0 Å². The molecule has 1 aromatic heterocycles. The van der Waals surface area contributed by atoms with E-state index in [1.807, 2.05) is 6.07 Å². The van der Waals surface area contributed by atoms with Gasteiger partial charge in [0.1, 0.15) is 11.6 Å². The molecule has 3 aliphatic rings. The molecule has 3 fully saturated rings. The van der Waals surface area contributed by atoms with Crippen molar-refractivity contribution in [2.75, 3.05) is 11.5 Å². The number of carboxylic acid groups (broad SMARTS) is 1. The Morgan fingerprint density at radius 2 is 1.74 bits per heavy atom. The van der Waals surface area contributed by atoms with Gasteiger partial charge in [-0.05, 0) is 62.3 Å². The summed E-state index contributed by atoms with van der Waals surface area (Å²) in [7, 11) is 0. The largest absolute Gasteiger partial charge is 0.573 e. The lowest BCUT2D eigenvalue weighted by molar-refractivity contribution is -0.274. The molecule has 2 bridgehead atoms. The van der Waals surface area contributed by atoms with Gasteiger partial charge >= 0.3 is 12.3 Å². The number of nitrogens with two attached hydrogens (primary N) is 1. The third-order valence-corrected chi connectivity index (χ3v) is 7.56. The molecule has 2 aromatic rings. The van der Waals surface area contributed by atoms with Crippen LogP contribution in [0.15, 0.2) is 48.2 Å². The quantitative estimate of drug-likeness (QED) is 0.420. The minimum absolute atomic E-state index is 0.00901. The number of anilines is 1. The highest BCUT2D eigenvalue weighted by atomic mass is 19.4. The summed E-state index contributed by atoms with van der Waals surface area (Å²) in [6.45, 7) is -0.0895. The number of nitrogens with zero attached hydrogens (tertiary/aromatic N) is 2. The van der Waals surface area contributed by atoms with E-state index in [1.54, 1.807) is 18.3 Å². The minimum atomic E-state index is -4.90. The molecule has 1 aliphatic carbocycles. The molecule has 208 valence electrons. The molecule has 3 atom stereocenters. The van der Waals surface area contributed by atoms with E-state index in [0.717, 1.165) is 31.5 Å². The van der Waals surface area contributed by atoms with Gasteiger partial charge in [0.05, 0.1) is 24.8 Å². The van der Waals surface area contributed by atoms with Crippen LogP contribution in [0.2, 0.25) is 0 Å². The summed E-state index contributed by atoms with van der Waals surface area (Å²) in [5.74, 6) is -0.957. The van der Waals surface area contributed by atoms with Crippen molar-refractivity contribution in [2.45, 2.75) is 69.5 Å². The van der Waals surface area contributed by atoms with Crippen LogP contribution in [-0.2, 0) is 20.7 Å². The lowest BCUT2D eigenvalue weighted by atomic mass is 9.98. The summed E-state index contributed by atoms with van der Waals surface area (Å²) in [5, 5.41) is 8.99. The molecule has 0 radical (unpaired) electrons. The number of pyridine rings is 1. The second-order valence-electron chi connectivity index (χ2n) is 10.4. The van der Waals surface area contributed by atoms with Crippen LogP contribution < -0.4 is 15.4 Å². The average Bonchev–Trinajstić information content (AvgIpc) is 3.69. The van der Waals surface area contributed by atoms with Gasteiger partial charge in [-0.15, -0.1) is 13.2 Å². The molecule has 1 saturated carbocycles. The van der Waals surface area contributed by atoms with Crippen molar-refractivity contribution in [2.24, 2.45) is 11.7 Å². The Bertz CT molecular complexity index is 1250. The number of halogens is 3. The van der Waals surface area contributed by atoms with E-state index in [1.165, 1.54) is 18.2 Å². The molecule has 0 amide bonds. The van der Waals surface area contributed by atoms with E-state index in [4.69, 9.17) is 15.6 Å². The predicted octanol–water partition coefficient (Wildman–Crippen LogP) is 4.47. The van der Waals surface area contributed by atoms with Gasteiger partial charge in [-0.2, -0.15) is 0 Å². The van der Waals surface area contributed by atoms with E-state index in [-0.39, 0.29) is 59.8 Å². The third kappa shape index (κ3) is 6.35. The second-order valence-corrected chi connectivity index (χ2v) is 10.4. The smallest absolute Gasteiger partial charge is 0.481 e. The molecule has 0 spiro atoms. The number of benzene rings is 1. The van der Waals surface area contributed by atoms with Crippen LogP contribution in [0.3, 0.4) is 0 Å². The Labute approximate surface area is 223 Å².